The fourth-order valence-corrected chi connectivity index (χ4v) is 4.01. The zero-order valence-electron chi connectivity index (χ0n) is 11.0. The van der Waals surface area contributed by atoms with Crippen LogP contribution in [0.4, 0.5) is 0 Å². The molecule has 1 heterocycles. The van der Waals surface area contributed by atoms with E-state index in [2.05, 4.69) is 21.2 Å². The number of halogens is 1. The molecule has 1 aliphatic rings. The summed E-state index contributed by atoms with van der Waals surface area (Å²) in [5, 5.41) is 3.30. The molecule has 4 nitrogen and oxygen atoms in total. The molecule has 2 rings (SSSR count). The molecule has 0 bridgehead atoms. The summed E-state index contributed by atoms with van der Waals surface area (Å²) in [4.78, 5) is 0.357. The van der Waals surface area contributed by atoms with E-state index in [-0.39, 0.29) is 6.04 Å². The zero-order chi connectivity index (χ0) is 13.9. The summed E-state index contributed by atoms with van der Waals surface area (Å²) in [5.74, 6) is 0. The van der Waals surface area contributed by atoms with Crippen molar-refractivity contribution in [2.75, 3.05) is 20.1 Å². The fraction of sp³-hybridized carbons (Fsp3) is 0.538. The van der Waals surface area contributed by atoms with Gasteiger partial charge in [-0.15, -0.1) is 0 Å². The molecule has 0 saturated carbocycles. The van der Waals surface area contributed by atoms with Crippen LogP contribution >= 0.6 is 15.9 Å². The van der Waals surface area contributed by atoms with Gasteiger partial charge in [-0.05, 0) is 56.6 Å². The third-order valence-electron chi connectivity index (χ3n) is 3.55. The number of nitrogens with zero attached hydrogens (tertiary/aromatic N) is 1. The van der Waals surface area contributed by atoms with Gasteiger partial charge in [-0.3, -0.25) is 0 Å². The average molecular weight is 347 g/mol. The van der Waals surface area contributed by atoms with E-state index in [1.165, 1.54) is 4.31 Å². The van der Waals surface area contributed by atoms with Crippen molar-refractivity contribution in [3.05, 3.63) is 28.7 Å². The number of rotatable bonds is 3. The van der Waals surface area contributed by atoms with Crippen LogP contribution in [0, 0.1) is 0 Å². The second-order valence-corrected chi connectivity index (χ2v) is 7.72. The van der Waals surface area contributed by atoms with Gasteiger partial charge in [0.15, 0.2) is 0 Å². The predicted molar refractivity (Wildman–Crippen MR) is 79.6 cm³/mol. The number of nitrogens with one attached hydrogen (secondary N) is 1. The summed E-state index contributed by atoms with van der Waals surface area (Å²) in [7, 11) is -1.70. The van der Waals surface area contributed by atoms with Crippen LogP contribution < -0.4 is 5.32 Å². The molecule has 1 aromatic carbocycles. The van der Waals surface area contributed by atoms with Gasteiger partial charge in [0.05, 0.1) is 4.90 Å². The normalized spacial score (nSPS) is 21.3. The number of hydrogen-bond acceptors (Lipinski definition) is 3. The largest absolute Gasteiger partial charge is 0.317 e. The van der Waals surface area contributed by atoms with Gasteiger partial charge in [-0.2, -0.15) is 4.31 Å². The highest BCUT2D eigenvalue weighted by Gasteiger charge is 2.28. The Kier molecular flexibility index (Phi) is 5.00. The maximum Gasteiger partial charge on any atom is 0.243 e. The molecule has 0 aromatic heterocycles. The van der Waals surface area contributed by atoms with E-state index in [1.54, 1.807) is 31.3 Å². The lowest BCUT2D eigenvalue weighted by atomic mass is 10.1. The summed E-state index contributed by atoms with van der Waals surface area (Å²) in [6, 6.07) is 6.89. The first-order chi connectivity index (χ1) is 9.01. The van der Waals surface area contributed by atoms with Crippen LogP contribution in [0.1, 0.15) is 19.3 Å². The third-order valence-corrected chi connectivity index (χ3v) is 6.00. The molecular formula is C13H19BrN2O2S. The van der Waals surface area contributed by atoms with E-state index < -0.39 is 10.0 Å². The van der Waals surface area contributed by atoms with Crippen molar-refractivity contribution in [3.8, 4) is 0 Å². The highest BCUT2D eigenvalue weighted by atomic mass is 79.9. The Labute approximate surface area is 123 Å². The maximum absolute atomic E-state index is 12.5. The molecular weight excluding hydrogens is 328 g/mol. The van der Waals surface area contributed by atoms with Gasteiger partial charge in [0.2, 0.25) is 10.0 Å². The van der Waals surface area contributed by atoms with Gasteiger partial charge in [0.1, 0.15) is 0 Å². The molecule has 19 heavy (non-hydrogen) atoms. The van der Waals surface area contributed by atoms with Gasteiger partial charge in [-0.1, -0.05) is 15.9 Å². The Morgan fingerprint density at radius 3 is 2.58 bits per heavy atom. The lowest BCUT2D eigenvalue weighted by Crippen LogP contribution is -2.37. The van der Waals surface area contributed by atoms with E-state index in [1.807, 2.05) is 0 Å². The van der Waals surface area contributed by atoms with Crippen LogP contribution in [0.5, 0.6) is 0 Å². The second kappa shape index (κ2) is 6.35. The molecule has 1 atom stereocenters. The lowest BCUT2D eigenvalue weighted by Gasteiger charge is -2.26. The molecule has 1 N–H and O–H groups in total. The van der Waals surface area contributed by atoms with Gasteiger partial charge in [-0.25, -0.2) is 8.42 Å². The highest BCUT2D eigenvalue weighted by molar-refractivity contribution is 9.10. The van der Waals surface area contributed by atoms with Crippen molar-refractivity contribution in [1.29, 1.82) is 0 Å². The molecule has 1 unspecified atom stereocenters. The minimum atomic E-state index is -3.39. The van der Waals surface area contributed by atoms with Gasteiger partial charge < -0.3 is 5.32 Å². The summed E-state index contributed by atoms with van der Waals surface area (Å²) in [6.07, 6.45) is 2.80. The monoisotopic (exact) mass is 346 g/mol. The van der Waals surface area contributed by atoms with Crippen LogP contribution in [-0.4, -0.2) is 38.9 Å². The van der Waals surface area contributed by atoms with Crippen LogP contribution in [0.15, 0.2) is 33.6 Å². The van der Waals surface area contributed by atoms with Crippen molar-refractivity contribution in [2.45, 2.75) is 30.2 Å². The Balaban J connectivity index is 2.20. The van der Waals surface area contributed by atoms with Crippen LogP contribution in [0.2, 0.25) is 0 Å². The van der Waals surface area contributed by atoms with Gasteiger partial charge in [0.25, 0.3) is 0 Å². The number of sulfonamides is 1. The summed E-state index contributed by atoms with van der Waals surface area (Å²) < 4.78 is 27.5. The second-order valence-electron chi connectivity index (χ2n) is 4.81. The SMILES string of the molecule is CN(C1CCCNCC1)S(=O)(=O)c1ccc(Br)cc1. The maximum atomic E-state index is 12.5. The van der Waals surface area contributed by atoms with E-state index in [4.69, 9.17) is 0 Å². The summed E-state index contributed by atoms with van der Waals surface area (Å²) in [5.41, 5.74) is 0. The van der Waals surface area contributed by atoms with Crippen molar-refractivity contribution >= 4 is 26.0 Å². The molecule has 1 saturated heterocycles. The smallest absolute Gasteiger partial charge is 0.243 e. The lowest BCUT2D eigenvalue weighted by molar-refractivity contribution is 0.341. The molecule has 0 radical (unpaired) electrons. The van der Waals surface area contributed by atoms with Gasteiger partial charge >= 0.3 is 0 Å². The molecule has 6 heteroatoms. The van der Waals surface area contributed by atoms with Gasteiger partial charge in [0, 0.05) is 17.6 Å². The fourth-order valence-electron chi connectivity index (χ4n) is 2.33. The molecule has 0 amide bonds. The first-order valence-corrected chi connectivity index (χ1v) is 8.69. The quantitative estimate of drug-likeness (QED) is 0.912. The summed E-state index contributed by atoms with van der Waals surface area (Å²) in [6.45, 7) is 1.85. The van der Waals surface area contributed by atoms with Crippen molar-refractivity contribution in [2.24, 2.45) is 0 Å². The van der Waals surface area contributed by atoms with E-state index in [9.17, 15) is 8.42 Å². The van der Waals surface area contributed by atoms with Crippen LogP contribution in [0.25, 0.3) is 0 Å². The average Bonchev–Trinajstić information content (AvgIpc) is 2.67. The molecule has 1 fully saturated rings. The molecule has 0 spiro atoms. The Hall–Kier alpha value is -0.430. The Morgan fingerprint density at radius 1 is 1.21 bits per heavy atom. The summed E-state index contributed by atoms with van der Waals surface area (Å²) >= 11 is 3.32. The van der Waals surface area contributed by atoms with E-state index >= 15 is 0 Å². The van der Waals surface area contributed by atoms with Crippen molar-refractivity contribution in [1.82, 2.24) is 9.62 Å². The van der Waals surface area contributed by atoms with E-state index in [0.29, 0.717) is 4.90 Å². The Bertz CT molecular complexity index is 508. The van der Waals surface area contributed by atoms with Crippen molar-refractivity contribution < 1.29 is 8.42 Å². The van der Waals surface area contributed by atoms with Crippen LogP contribution in [-0.2, 0) is 10.0 Å². The highest BCUT2D eigenvalue weighted by Crippen LogP contribution is 2.22. The topological polar surface area (TPSA) is 49.4 Å². The molecule has 106 valence electrons. The first-order valence-electron chi connectivity index (χ1n) is 6.46. The molecule has 1 aromatic rings. The standard InChI is InChI=1S/C13H19BrN2O2S/c1-16(12-3-2-9-15-10-8-12)19(17,18)13-6-4-11(14)5-7-13/h4-7,12,15H,2-3,8-10H2,1H3. The molecule has 0 aliphatic carbocycles. The van der Waals surface area contributed by atoms with Crippen LogP contribution in [0.3, 0.4) is 0 Å². The van der Waals surface area contributed by atoms with Crippen molar-refractivity contribution in [3.63, 3.8) is 0 Å². The zero-order valence-corrected chi connectivity index (χ0v) is 13.4. The predicted octanol–water partition coefficient (Wildman–Crippen LogP) is 2.21. The minimum absolute atomic E-state index is 0.0867. The molecule has 1 aliphatic heterocycles. The Morgan fingerprint density at radius 2 is 1.89 bits per heavy atom. The third kappa shape index (κ3) is 3.56. The first kappa shape index (κ1) is 15.0. The minimum Gasteiger partial charge on any atom is -0.317 e. The van der Waals surface area contributed by atoms with E-state index in [0.717, 1.165) is 36.8 Å². The number of hydrogen-bond donors (Lipinski definition) is 1. The number of benzene rings is 1.